The first kappa shape index (κ1) is 19.4. The molecule has 0 saturated carbocycles. The van der Waals surface area contributed by atoms with Crippen LogP contribution in [0.25, 0.3) is 11.3 Å². The van der Waals surface area contributed by atoms with Crippen LogP contribution in [0.4, 0.5) is 5.69 Å². The number of aromatic nitrogens is 3. The Labute approximate surface area is 182 Å². The number of carbonyl (C=O) groups excluding carboxylic acids is 1. The summed E-state index contributed by atoms with van der Waals surface area (Å²) in [6.45, 7) is 5.38. The number of carbonyl (C=O) groups is 1. The molecule has 0 fully saturated rings. The van der Waals surface area contributed by atoms with Gasteiger partial charge in [-0.1, -0.05) is 36.0 Å². The number of hydrogen-bond donors (Lipinski definition) is 0. The summed E-state index contributed by atoms with van der Waals surface area (Å²) in [4.78, 5) is 19.0. The lowest BCUT2D eigenvalue weighted by Crippen LogP contribution is -2.36. The van der Waals surface area contributed by atoms with Crippen LogP contribution < -0.4 is 19.1 Å². The molecule has 1 atom stereocenters. The molecular formula is C22H18N4O4S. The maximum Gasteiger partial charge on any atom is 0.247 e. The van der Waals surface area contributed by atoms with E-state index in [1.54, 1.807) is 17.0 Å². The van der Waals surface area contributed by atoms with E-state index < -0.39 is 6.23 Å². The highest BCUT2D eigenvalue weighted by Crippen LogP contribution is 2.44. The molecule has 3 heterocycles. The molecule has 0 saturated heterocycles. The molecular weight excluding hydrogens is 416 g/mol. The van der Waals surface area contributed by atoms with Crippen molar-refractivity contribution in [2.45, 2.75) is 18.3 Å². The van der Waals surface area contributed by atoms with Crippen LogP contribution >= 0.6 is 11.8 Å². The lowest BCUT2D eigenvalue weighted by atomic mass is 10.1. The summed E-state index contributed by atoms with van der Waals surface area (Å²) in [5.74, 6) is 2.02. The minimum atomic E-state index is -0.775. The second-order valence-corrected chi connectivity index (χ2v) is 7.82. The van der Waals surface area contributed by atoms with E-state index in [2.05, 4.69) is 21.8 Å². The molecule has 1 amide bonds. The highest BCUT2D eigenvalue weighted by Gasteiger charge is 2.35. The van der Waals surface area contributed by atoms with Crippen molar-refractivity contribution >= 4 is 23.4 Å². The standard InChI is InChI=1S/C22H18N4O4S/c1-3-10-31-22-23-20-19(24-25-22)15-6-4-5-7-16(15)26(13(2)27)21(30-20)14-8-9-17-18(11-14)29-12-28-17/h3-9,11,21H,1,10,12H2,2H3/t21-/m0/s1. The van der Waals surface area contributed by atoms with Gasteiger partial charge in [0.15, 0.2) is 17.2 Å². The number of thioether (sulfide) groups is 1. The fraction of sp³-hybridized carbons (Fsp3) is 0.182. The van der Waals surface area contributed by atoms with Crippen molar-refractivity contribution < 1.29 is 19.0 Å². The van der Waals surface area contributed by atoms with Gasteiger partial charge in [0.1, 0.15) is 0 Å². The van der Waals surface area contributed by atoms with Crippen LogP contribution in [0.15, 0.2) is 60.3 Å². The molecule has 8 nitrogen and oxygen atoms in total. The molecule has 0 N–H and O–H groups in total. The SMILES string of the molecule is C=CCSc1nnc2c(n1)O[C@@H](c1ccc3c(c1)OCO3)N(C(C)=O)c1ccccc1-2. The van der Waals surface area contributed by atoms with Gasteiger partial charge in [0.2, 0.25) is 30.0 Å². The minimum absolute atomic E-state index is 0.160. The Morgan fingerprint density at radius 1 is 1.23 bits per heavy atom. The molecule has 0 aliphatic carbocycles. The molecule has 0 radical (unpaired) electrons. The van der Waals surface area contributed by atoms with Gasteiger partial charge < -0.3 is 14.2 Å². The van der Waals surface area contributed by atoms with E-state index in [0.29, 0.717) is 39.7 Å². The van der Waals surface area contributed by atoms with E-state index >= 15 is 0 Å². The molecule has 3 aromatic rings. The molecule has 2 aliphatic rings. The van der Waals surface area contributed by atoms with Crippen molar-refractivity contribution in [2.24, 2.45) is 0 Å². The maximum absolute atomic E-state index is 12.8. The Kier molecular flexibility index (Phi) is 4.95. The number of rotatable bonds is 4. The van der Waals surface area contributed by atoms with Crippen LogP contribution in [0.5, 0.6) is 17.4 Å². The number of ether oxygens (including phenoxy) is 3. The first-order chi connectivity index (χ1) is 15.2. The molecule has 156 valence electrons. The second-order valence-electron chi connectivity index (χ2n) is 6.84. The molecule has 0 unspecified atom stereocenters. The molecule has 2 aliphatic heterocycles. The highest BCUT2D eigenvalue weighted by molar-refractivity contribution is 7.99. The van der Waals surface area contributed by atoms with Gasteiger partial charge >= 0.3 is 0 Å². The molecule has 0 bridgehead atoms. The van der Waals surface area contributed by atoms with E-state index in [0.717, 1.165) is 11.1 Å². The largest absolute Gasteiger partial charge is 0.454 e. The summed E-state index contributed by atoms with van der Waals surface area (Å²) < 4.78 is 17.3. The summed E-state index contributed by atoms with van der Waals surface area (Å²) in [5.41, 5.74) is 2.59. The van der Waals surface area contributed by atoms with Gasteiger partial charge in [-0.2, -0.15) is 4.98 Å². The second kappa shape index (κ2) is 7.92. The summed E-state index contributed by atoms with van der Waals surface area (Å²) in [6, 6.07) is 13.0. The first-order valence-corrected chi connectivity index (χ1v) is 10.6. The Bertz CT molecular complexity index is 1190. The summed E-state index contributed by atoms with van der Waals surface area (Å²) in [7, 11) is 0. The molecule has 31 heavy (non-hydrogen) atoms. The van der Waals surface area contributed by atoms with Crippen LogP contribution in [0.1, 0.15) is 18.7 Å². The zero-order valence-electron chi connectivity index (χ0n) is 16.6. The highest BCUT2D eigenvalue weighted by atomic mass is 32.2. The monoisotopic (exact) mass is 434 g/mol. The lowest BCUT2D eigenvalue weighted by Gasteiger charge is -2.29. The smallest absolute Gasteiger partial charge is 0.247 e. The van der Waals surface area contributed by atoms with Crippen molar-refractivity contribution in [1.82, 2.24) is 15.2 Å². The van der Waals surface area contributed by atoms with E-state index in [1.807, 2.05) is 36.4 Å². The number of amides is 1. The quantitative estimate of drug-likeness (QED) is 0.450. The van der Waals surface area contributed by atoms with Crippen molar-refractivity contribution in [2.75, 3.05) is 17.4 Å². The first-order valence-electron chi connectivity index (χ1n) is 9.59. The normalized spacial score (nSPS) is 16.0. The molecule has 2 aromatic carbocycles. The summed E-state index contributed by atoms with van der Waals surface area (Å²) in [6.07, 6.45) is 0.992. The zero-order chi connectivity index (χ0) is 21.4. The van der Waals surface area contributed by atoms with Gasteiger partial charge in [0.25, 0.3) is 0 Å². The number of hydrogen-bond acceptors (Lipinski definition) is 8. The molecule has 5 rings (SSSR count). The fourth-order valence-corrected chi connectivity index (χ4v) is 4.04. The zero-order valence-corrected chi connectivity index (χ0v) is 17.5. The van der Waals surface area contributed by atoms with E-state index in [4.69, 9.17) is 14.2 Å². The third-order valence-corrected chi connectivity index (χ3v) is 5.70. The number of benzene rings is 2. The van der Waals surface area contributed by atoms with Gasteiger partial charge in [-0.05, 0) is 24.3 Å². The van der Waals surface area contributed by atoms with Crippen LogP contribution in [0.3, 0.4) is 0 Å². The van der Waals surface area contributed by atoms with E-state index in [-0.39, 0.29) is 12.7 Å². The average molecular weight is 434 g/mol. The summed E-state index contributed by atoms with van der Waals surface area (Å²) >= 11 is 1.40. The number of para-hydroxylation sites is 1. The van der Waals surface area contributed by atoms with Crippen molar-refractivity contribution in [3.8, 4) is 28.6 Å². The Morgan fingerprint density at radius 2 is 2.06 bits per heavy atom. The minimum Gasteiger partial charge on any atom is -0.454 e. The lowest BCUT2D eigenvalue weighted by molar-refractivity contribution is -0.118. The third-order valence-electron chi connectivity index (χ3n) is 4.86. The third kappa shape index (κ3) is 3.46. The number of nitrogens with zero attached hydrogens (tertiary/aromatic N) is 4. The fourth-order valence-electron chi connectivity index (χ4n) is 3.53. The molecule has 9 heteroatoms. The van der Waals surface area contributed by atoms with Gasteiger partial charge in [-0.15, -0.1) is 16.8 Å². The summed E-state index contributed by atoms with van der Waals surface area (Å²) in [5, 5.41) is 9.07. The predicted molar refractivity (Wildman–Crippen MR) is 115 cm³/mol. The van der Waals surface area contributed by atoms with Crippen molar-refractivity contribution in [3.63, 3.8) is 0 Å². The number of anilines is 1. The van der Waals surface area contributed by atoms with Crippen LogP contribution in [0, 0.1) is 0 Å². The van der Waals surface area contributed by atoms with Gasteiger partial charge in [-0.25, -0.2) is 0 Å². The Hall–Kier alpha value is -3.59. The predicted octanol–water partition coefficient (Wildman–Crippen LogP) is 3.99. The van der Waals surface area contributed by atoms with Crippen LogP contribution in [-0.4, -0.2) is 33.6 Å². The topological polar surface area (TPSA) is 86.7 Å². The molecule has 1 aromatic heterocycles. The van der Waals surface area contributed by atoms with Crippen LogP contribution in [0.2, 0.25) is 0 Å². The van der Waals surface area contributed by atoms with E-state index in [1.165, 1.54) is 18.7 Å². The van der Waals surface area contributed by atoms with Gasteiger partial charge in [-0.3, -0.25) is 9.69 Å². The number of fused-ring (bicyclic) bond motifs is 4. The van der Waals surface area contributed by atoms with Crippen molar-refractivity contribution in [3.05, 3.63) is 60.7 Å². The average Bonchev–Trinajstić information content (AvgIpc) is 3.19. The van der Waals surface area contributed by atoms with Crippen molar-refractivity contribution in [1.29, 1.82) is 0 Å². The van der Waals surface area contributed by atoms with E-state index in [9.17, 15) is 4.79 Å². The van der Waals surface area contributed by atoms with Gasteiger partial charge in [0.05, 0.1) is 5.69 Å². The Balaban J connectivity index is 1.68. The maximum atomic E-state index is 12.8. The van der Waals surface area contributed by atoms with Crippen LogP contribution in [-0.2, 0) is 4.79 Å². The Morgan fingerprint density at radius 3 is 2.90 bits per heavy atom. The molecule has 0 spiro atoms. The van der Waals surface area contributed by atoms with Gasteiger partial charge in [0, 0.05) is 23.8 Å².